The molecule has 0 saturated carbocycles. The van der Waals surface area contributed by atoms with Crippen LogP contribution in [0, 0.1) is 0 Å². The zero-order chi connectivity index (χ0) is 13.2. The van der Waals surface area contributed by atoms with Crippen molar-refractivity contribution >= 4 is 21.9 Å². The van der Waals surface area contributed by atoms with Gasteiger partial charge in [-0.2, -0.15) is 10.1 Å². The molecule has 1 aliphatic rings. The maximum atomic E-state index is 5.13. The fourth-order valence-electron chi connectivity index (χ4n) is 2.25. The van der Waals surface area contributed by atoms with Crippen LogP contribution < -0.4 is 9.64 Å². The van der Waals surface area contributed by atoms with Crippen molar-refractivity contribution in [1.82, 2.24) is 19.7 Å². The molecule has 3 heterocycles. The Kier molecular flexibility index (Phi) is 3.37. The molecule has 0 radical (unpaired) electrons. The van der Waals surface area contributed by atoms with E-state index in [1.54, 1.807) is 19.4 Å². The van der Waals surface area contributed by atoms with Gasteiger partial charge in [0.25, 0.3) is 0 Å². The lowest BCUT2D eigenvalue weighted by Crippen LogP contribution is -2.23. The number of hydrogen-bond acceptors (Lipinski definition) is 5. The number of aromatic nitrogens is 4. The van der Waals surface area contributed by atoms with Crippen LogP contribution in [0.1, 0.15) is 12.5 Å². The molecule has 0 aliphatic carbocycles. The Morgan fingerprint density at radius 3 is 3.11 bits per heavy atom. The molecule has 2 aromatic rings. The lowest BCUT2D eigenvalue weighted by Gasteiger charge is -2.16. The molecule has 2 aromatic heterocycles. The molecule has 100 valence electrons. The van der Waals surface area contributed by atoms with Crippen molar-refractivity contribution in [3.8, 4) is 5.88 Å². The van der Waals surface area contributed by atoms with Crippen molar-refractivity contribution in [2.24, 2.45) is 0 Å². The summed E-state index contributed by atoms with van der Waals surface area (Å²) in [7, 11) is 1.61. The number of anilines is 1. The maximum Gasteiger partial charge on any atom is 0.228 e. The summed E-state index contributed by atoms with van der Waals surface area (Å²) in [6, 6.07) is 2.11. The topological polar surface area (TPSA) is 56.1 Å². The van der Waals surface area contributed by atoms with Crippen molar-refractivity contribution in [2.75, 3.05) is 25.1 Å². The lowest BCUT2D eigenvalue weighted by molar-refractivity contribution is 0.396. The predicted octanol–water partition coefficient (Wildman–Crippen LogP) is 1.90. The summed E-state index contributed by atoms with van der Waals surface area (Å²) in [6.45, 7) is 1.79. The molecule has 19 heavy (non-hydrogen) atoms. The third kappa shape index (κ3) is 2.56. The Bertz CT molecular complexity index is 573. The second kappa shape index (κ2) is 5.16. The van der Waals surface area contributed by atoms with E-state index in [4.69, 9.17) is 4.74 Å². The van der Waals surface area contributed by atoms with Crippen LogP contribution in [0.2, 0.25) is 0 Å². The van der Waals surface area contributed by atoms with Gasteiger partial charge in [-0.3, -0.25) is 4.68 Å². The lowest BCUT2D eigenvalue weighted by atomic mass is 10.3. The Hall–Kier alpha value is -1.63. The Balaban J connectivity index is 1.74. The van der Waals surface area contributed by atoms with E-state index in [2.05, 4.69) is 35.9 Å². The van der Waals surface area contributed by atoms with E-state index < -0.39 is 0 Å². The van der Waals surface area contributed by atoms with E-state index in [0.717, 1.165) is 24.0 Å². The van der Waals surface area contributed by atoms with Gasteiger partial charge in [0, 0.05) is 31.5 Å². The number of rotatable bonds is 3. The molecule has 0 bridgehead atoms. The van der Waals surface area contributed by atoms with Crippen LogP contribution in [0.15, 0.2) is 29.1 Å². The van der Waals surface area contributed by atoms with E-state index in [1.165, 1.54) is 0 Å². The summed E-state index contributed by atoms with van der Waals surface area (Å²) >= 11 is 3.42. The minimum atomic E-state index is 0.362. The smallest absolute Gasteiger partial charge is 0.228 e. The molecule has 1 unspecified atom stereocenters. The van der Waals surface area contributed by atoms with Gasteiger partial charge in [0.15, 0.2) is 0 Å². The number of hydrogen-bond donors (Lipinski definition) is 0. The van der Waals surface area contributed by atoms with Crippen molar-refractivity contribution in [3.05, 3.63) is 29.1 Å². The zero-order valence-electron chi connectivity index (χ0n) is 10.5. The largest absolute Gasteiger partial charge is 0.481 e. The van der Waals surface area contributed by atoms with Crippen molar-refractivity contribution in [3.63, 3.8) is 0 Å². The maximum absolute atomic E-state index is 5.13. The second-order valence-corrected chi connectivity index (χ2v) is 5.34. The molecule has 0 amide bonds. The average molecular weight is 324 g/mol. The Morgan fingerprint density at radius 1 is 1.47 bits per heavy atom. The highest BCUT2D eigenvalue weighted by Crippen LogP contribution is 2.25. The van der Waals surface area contributed by atoms with E-state index >= 15 is 0 Å². The fourth-order valence-corrected chi connectivity index (χ4v) is 2.55. The van der Waals surface area contributed by atoms with Crippen LogP contribution in [0.4, 0.5) is 5.95 Å². The SMILES string of the molecule is COc1ccnc(N2CCC(n3cc(Br)cn3)C2)n1. The number of nitrogens with zero attached hydrogens (tertiary/aromatic N) is 5. The van der Waals surface area contributed by atoms with Gasteiger partial charge >= 0.3 is 0 Å². The van der Waals surface area contributed by atoms with E-state index in [1.807, 2.05) is 17.1 Å². The number of methoxy groups -OCH3 is 1. The summed E-state index contributed by atoms with van der Waals surface area (Å²) in [4.78, 5) is 10.8. The Labute approximate surface area is 119 Å². The molecule has 0 spiro atoms. The molecule has 1 aliphatic heterocycles. The minimum absolute atomic E-state index is 0.362. The molecule has 1 saturated heterocycles. The van der Waals surface area contributed by atoms with Gasteiger partial charge in [0.1, 0.15) is 0 Å². The van der Waals surface area contributed by atoms with Crippen LogP contribution in [0.3, 0.4) is 0 Å². The fraction of sp³-hybridized carbons (Fsp3) is 0.417. The third-order valence-corrected chi connectivity index (χ3v) is 3.63. The van der Waals surface area contributed by atoms with E-state index in [9.17, 15) is 0 Å². The monoisotopic (exact) mass is 323 g/mol. The van der Waals surface area contributed by atoms with Crippen LogP contribution in [-0.4, -0.2) is 39.9 Å². The molecule has 7 heteroatoms. The highest BCUT2D eigenvalue weighted by molar-refractivity contribution is 9.10. The van der Waals surface area contributed by atoms with Gasteiger partial charge in [-0.05, 0) is 22.4 Å². The first kappa shape index (κ1) is 12.4. The Morgan fingerprint density at radius 2 is 2.37 bits per heavy atom. The zero-order valence-corrected chi connectivity index (χ0v) is 12.1. The molecule has 1 fully saturated rings. The number of halogens is 1. The molecule has 6 nitrogen and oxygen atoms in total. The first-order chi connectivity index (χ1) is 9.26. The van der Waals surface area contributed by atoms with Crippen LogP contribution in [0.25, 0.3) is 0 Å². The van der Waals surface area contributed by atoms with Gasteiger partial charge in [0.05, 0.1) is 23.8 Å². The molecule has 0 aromatic carbocycles. The van der Waals surface area contributed by atoms with Crippen molar-refractivity contribution < 1.29 is 4.74 Å². The average Bonchev–Trinajstić information content (AvgIpc) is 3.07. The molecule has 0 N–H and O–H groups in total. The van der Waals surface area contributed by atoms with Crippen LogP contribution in [0.5, 0.6) is 5.88 Å². The van der Waals surface area contributed by atoms with Gasteiger partial charge in [0.2, 0.25) is 11.8 Å². The molecule has 3 rings (SSSR count). The first-order valence-corrected chi connectivity index (χ1v) is 6.87. The van der Waals surface area contributed by atoms with Crippen molar-refractivity contribution in [2.45, 2.75) is 12.5 Å². The molecule has 1 atom stereocenters. The normalized spacial score (nSPS) is 18.8. The first-order valence-electron chi connectivity index (χ1n) is 6.08. The van der Waals surface area contributed by atoms with Gasteiger partial charge in [-0.1, -0.05) is 0 Å². The van der Waals surface area contributed by atoms with E-state index in [0.29, 0.717) is 17.9 Å². The third-order valence-electron chi connectivity index (χ3n) is 3.22. The minimum Gasteiger partial charge on any atom is -0.481 e. The highest BCUT2D eigenvalue weighted by atomic mass is 79.9. The van der Waals surface area contributed by atoms with E-state index in [-0.39, 0.29) is 0 Å². The number of ether oxygens (including phenoxy) is 1. The predicted molar refractivity (Wildman–Crippen MR) is 74.4 cm³/mol. The standard InChI is InChI=1S/C12H14BrN5O/c1-19-11-2-4-14-12(16-11)17-5-3-10(8-17)18-7-9(13)6-15-18/h2,4,6-7,10H,3,5,8H2,1H3. The summed E-state index contributed by atoms with van der Waals surface area (Å²) in [5.74, 6) is 1.31. The molecular weight excluding hydrogens is 310 g/mol. The summed E-state index contributed by atoms with van der Waals surface area (Å²) in [6.07, 6.45) is 6.57. The quantitative estimate of drug-likeness (QED) is 0.863. The van der Waals surface area contributed by atoms with Gasteiger partial charge < -0.3 is 9.64 Å². The second-order valence-electron chi connectivity index (χ2n) is 4.43. The summed E-state index contributed by atoms with van der Waals surface area (Å²) in [5, 5.41) is 4.34. The molecular formula is C12H14BrN5O. The van der Waals surface area contributed by atoms with Crippen LogP contribution in [-0.2, 0) is 0 Å². The van der Waals surface area contributed by atoms with Crippen LogP contribution >= 0.6 is 15.9 Å². The highest BCUT2D eigenvalue weighted by Gasteiger charge is 2.26. The summed E-state index contributed by atoms with van der Waals surface area (Å²) in [5.41, 5.74) is 0. The van der Waals surface area contributed by atoms with Gasteiger partial charge in [-0.15, -0.1) is 0 Å². The van der Waals surface area contributed by atoms with Gasteiger partial charge in [-0.25, -0.2) is 4.98 Å². The summed E-state index contributed by atoms with van der Waals surface area (Å²) < 4.78 is 8.12. The van der Waals surface area contributed by atoms with Crippen molar-refractivity contribution in [1.29, 1.82) is 0 Å².